The second-order valence-electron chi connectivity index (χ2n) is 6.03. The highest BCUT2D eigenvalue weighted by Gasteiger charge is 2.20. The maximum atomic E-state index is 12.4. The van der Waals surface area contributed by atoms with Gasteiger partial charge in [-0.1, -0.05) is 11.6 Å². The number of carbonyl (C=O) groups excluding carboxylic acids is 3. The van der Waals surface area contributed by atoms with E-state index in [9.17, 15) is 14.4 Å². The molecule has 0 bridgehead atoms. The predicted molar refractivity (Wildman–Crippen MR) is 102 cm³/mol. The van der Waals surface area contributed by atoms with Crippen LogP contribution in [0, 0.1) is 20.8 Å². The summed E-state index contributed by atoms with van der Waals surface area (Å²) in [6.45, 7) is 5.53. The molecule has 0 aliphatic carbocycles. The van der Waals surface area contributed by atoms with Crippen LogP contribution in [0.1, 0.15) is 49.6 Å². The average Bonchev–Trinajstić information content (AvgIpc) is 2.86. The number of thiophene rings is 1. The van der Waals surface area contributed by atoms with Crippen molar-refractivity contribution in [3.05, 3.63) is 45.3 Å². The summed E-state index contributed by atoms with van der Waals surface area (Å²) >= 11 is 1.30. The second-order valence-corrected chi connectivity index (χ2v) is 7.25. The lowest BCUT2D eigenvalue weighted by Gasteiger charge is -2.09. The number of benzene rings is 1. The summed E-state index contributed by atoms with van der Waals surface area (Å²) in [5.74, 6) is -0.604. The molecular formula is C19H22N2O4S. The van der Waals surface area contributed by atoms with E-state index in [2.05, 4.69) is 5.32 Å². The van der Waals surface area contributed by atoms with Crippen LogP contribution in [0.4, 0.5) is 5.00 Å². The van der Waals surface area contributed by atoms with Gasteiger partial charge in [-0.2, -0.15) is 0 Å². The lowest BCUT2D eigenvalue weighted by Crippen LogP contribution is -2.18. The molecular weight excluding hydrogens is 352 g/mol. The number of anilines is 1. The second kappa shape index (κ2) is 8.14. The number of nitrogens with two attached hydrogens (primary N) is 1. The van der Waals surface area contributed by atoms with Crippen LogP contribution in [0.3, 0.4) is 0 Å². The van der Waals surface area contributed by atoms with Crippen molar-refractivity contribution in [2.24, 2.45) is 5.73 Å². The normalized spacial score (nSPS) is 10.5. The van der Waals surface area contributed by atoms with E-state index in [1.807, 2.05) is 19.9 Å². The molecule has 0 saturated carbocycles. The highest BCUT2D eigenvalue weighted by molar-refractivity contribution is 7.16. The van der Waals surface area contributed by atoms with Crippen molar-refractivity contribution in [2.75, 3.05) is 12.4 Å². The van der Waals surface area contributed by atoms with Gasteiger partial charge in [-0.15, -0.1) is 11.3 Å². The van der Waals surface area contributed by atoms with Crippen molar-refractivity contribution in [3.63, 3.8) is 0 Å². The highest BCUT2D eigenvalue weighted by atomic mass is 32.1. The van der Waals surface area contributed by atoms with Crippen molar-refractivity contribution < 1.29 is 19.1 Å². The molecule has 0 saturated heterocycles. The molecule has 0 aliphatic heterocycles. The number of amides is 2. The van der Waals surface area contributed by atoms with Gasteiger partial charge in [0.15, 0.2) is 5.78 Å². The fourth-order valence-electron chi connectivity index (χ4n) is 2.60. The summed E-state index contributed by atoms with van der Waals surface area (Å²) in [7, 11) is 1.50. The molecule has 1 aromatic carbocycles. The molecule has 0 fully saturated rings. The molecule has 7 heteroatoms. The van der Waals surface area contributed by atoms with Crippen LogP contribution in [-0.2, 0) is 4.79 Å². The maximum Gasteiger partial charge on any atom is 0.251 e. The quantitative estimate of drug-likeness (QED) is 0.726. The van der Waals surface area contributed by atoms with Gasteiger partial charge >= 0.3 is 0 Å². The van der Waals surface area contributed by atoms with E-state index in [0.29, 0.717) is 21.9 Å². The molecule has 2 rings (SSSR count). The number of hydrogen-bond donors (Lipinski definition) is 2. The Hall–Kier alpha value is -2.67. The zero-order valence-corrected chi connectivity index (χ0v) is 16.1. The minimum atomic E-state index is -0.581. The van der Waals surface area contributed by atoms with E-state index >= 15 is 0 Å². The standard InChI is InChI=1S/C19H22N2O4S/c1-10-5-7-15(25-4)13(9-10)14(22)6-8-16(23)21-19-17(18(20)24)11(2)12(3)26-19/h5,7,9H,6,8H2,1-4H3,(H2,20,24)(H,21,23). The number of rotatable bonds is 7. The lowest BCUT2D eigenvalue weighted by atomic mass is 10.0. The van der Waals surface area contributed by atoms with Gasteiger partial charge in [0.05, 0.1) is 18.2 Å². The van der Waals surface area contributed by atoms with Crippen LogP contribution in [-0.4, -0.2) is 24.7 Å². The van der Waals surface area contributed by atoms with E-state index in [1.165, 1.54) is 18.4 Å². The van der Waals surface area contributed by atoms with E-state index in [1.54, 1.807) is 19.1 Å². The van der Waals surface area contributed by atoms with Crippen LogP contribution in [0.2, 0.25) is 0 Å². The Morgan fingerprint density at radius 2 is 1.85 bits per heavy atom. The van der Waals surface area contributed by atoms with E-state index in [4.69, 9.17) is 10.5 Å². The van der Waals surface area contributed by atoms with Crippen molar-refractivity contribution in [3.8, 4) is 5.75 Å². The summed E-state index contributed by atoms with van der Waals surface area (Å²) in [5.41, 5.74) is 7.88. The number of aryl methyl sites for hydroxylation is 2. The first-order valence-corrected chi connectivity index (χ1v) is 8.93. The number of methoxy groups -OCH3 is 1. The topological polar surface area (TPSA) is 98.5 Å². The molecule has 1 aromatic heterocycles. The third-order valence-corrected chi connectivity index (χ3v) is 5.24. The van der Waals surface area contributed by atoms with Gasteiger partial charge in [-0.05, 0) is 38.5 Å². The summed E-state index contributed by atoms with van der Waals surface area (Å²) < 4.78 is 5.21. The van der Waals surface area contributed by atoms with Gasteiger partial charge in [-0.25, -0.2) is 0 Å². The first-order chi connectivity index (χ1) is 12.2. The van der Waals surface area contributed by atoms with E-state index in [0.717, 1.165) is 16.0 Å². The zero-order chi connectivity index (χ0) is 19.4. The Labute approximate surface area is 156 Å². The van der Waals surface area contributed by atoms with Crippen LogP contribution >= 0.6 is 11.3 Å². The third-order valence-electron chi connectivity index (χ3n) is 4.12. The molecule has 138 valence electrons. The average molecular weight is 374 g/mol. The molecule has 2 aromatic rings. The Balaban J connectivity index is 2.06. The predicted octanol–water partition coefficient (Wildman–Crippen LogP) is 3.38. The smallest absolute Gasteiger partial charge is 0.251 e. The fraction of sp³-hybridized carbons (Fsp3) is 0.316. The number of ether oxygens (including phenoxy) is 1. The molecule has 0 unspecified atom stereocenters. The number of nitrogens with one attached hydrogen (secondary N) is 1. The fourth-order valence-corrected chi connectivity index (χ4v) is 3.68. The van der Waals surface area contributed by atoms with Crippen molar-refractivity contribution >= 4 is 33.9 Å². The van der Waals surface area contributed by atoms with Crippen LogP contribution in [0.25, 0.3) is 0 Å². The number of carbonyl (C=O) groups is 3. The summed E-state index contributed by atoms with van der Waals surface area (Å²) in [6.07, 6.45) is 0.0466. The molecule has 6 nitrogen and oxygen atoms in total. The van der Waals surface area contributed by atoms with Gasteiger partial charge in [0.25, 0.3) is 5.91 Å². The summed E-state index contributed by atoms with van der Waals surface area (Å²) in [6, 6.07) is 5.34. The molecule has 0 radical (unpaired) electrons. The van der Waals surface area contributed by atoms with Gasteiger partial charge in [-0.3, -0.25) is 14.4 Å². The van der Waals surface area contributed by atoms with Crippen molar-refractivity contribution in [1.29, 1.82) is 0 Å². The molecule has 26 heavy (non-hydrogen) atoms. The Bertz CT molecular complexity index is 871. The van der Waals surface area contributed by atoms with Gasteiger partial charge in [0, 0.05) is 17.7 Å². The molecule has 2 amide bonds. The first kappa shape index (κ1) is 19.7. The minimum absolute atomic E-state index is 0.00409. The molecule has 3 N–H and O–H groups in total. The zero-order valence-electron chi connectivity index (χ0n) is 15.3. The van der Waals surface area contributed by atoms with Crippen LogP contribution in [0.15, 0.2) is 18.2 Å². The number of ketones is 1. The first-order valence-electron chi connectivity index (χ1n) is 8.12. The molecule has 0 atom stereocenters. The SMILES string of the molecule is COc1ccc(C)cc1C(=O)CCC(=O)Nc1sc(C)c(C)c1C(N)=O. The number of Topliss-reactive ketones (excluding diaryl/α,β-unsaturated/α-hetero) is 1. The monoisotopic (exact) mass is 374 g/mol. The highest BCUT2D eigenvalue weighted by Crippen LogP contribution is 2.32. The molecule has 0 aliphatic rings. The summed E-state index contributed by atoms with van der Waals surface area (Å²) in [4.78, 5) is 37.2. The maximum absolute atomic E-state index is 12.4. The lowest BCUT2D eigenvalue weighted by molar-refractivity contribution is -0.116. The minimum Gasteiger partial charge on any atom is -0.496 e. The Morgan fingerprint density at radius 1 is 1.15 bits per heavy atom. The molecule has 1 heterocycles. The Kier molecular flexibility index (Phi) is 6.15. The van der Waals surface area contributed by atoms with Gasteiger partial charge in [0.2, 0.25) is 5.91 Å². The Morgan fingerprint density at radius 3 is 2.46 bits per heavy atom. The van der Waals surface area contributed by atoms with E-state index < -0.39 is 5.91 Å². The third kappa shape index (κ3) is 4.29. The van der Waals surface area contributed by atoms with Crippen molar-refractivity contribution in [1.82, 2.24) is 0 Å². The van der Waals surface area contributed by atoms with Crippen LogP contribution < -0.4 is 15.8 Å². The molecule has 0 spiro atoms. The van der Waals surface area contributed by atoms with E-state index in [-0.39, 0.29) is 24.5 Å². The number of primary amides is 1. The van der Waals surface area contributed by atoms with Crippen LogP contribution in [0.5, 0.6) is 5.75 Å². The largest absolute Gasteiger partial charge is 0.496 e. The number of hydrogen-bond acceptors (Lipinski definition) is 5. The van der Waals surface area contributed by atoms with Crippen molar-refractivity contribution in [2.45, 2.75) is 33.6 Å². The van der Waals surface area contributed by atoms with Gasteiger partial charge < -0.3 is 15.8 Å². The summed E-state index contributed by atoms with van der Waals surface area (Å²) in [5, 5.41) is 3.12. The van der Waals surface area contributed by atoms with Gasteiger partial charge in [0.1, 0.15) is 10.8 Å².